The first-order chi connectivity index (χ1) is 24.8. The van der Waals surface area contributed by atoms with E-state index in [1.54, 1.807) is 61.1 Å². The lowest BCUT2D eigenvalue weighted by molar-refractivity contribution is 0.0240. The van der Waals surface area contributed by atoms with Crippen LogP contribution in [0.5, 0.6) is 0 Å². The molecule has 4 heterocycles. The number of nitrogens with one attached hydrogen (secondary N) is 1. The predicted molar refractivity (Wildman–Crippen MR) is 202 cm³/mol. The molecule has 1 aliphatic heterocycles. The van der Waals surface area contributed by atoms with Crippen molar-refractivity contribution in [3.05, 3.63) is 84.7 Å². The molecule has 53 heavy (non-hydrogen) atoms. The van der Waals surface area contributed by atoms with Gasteiger partial charge in [0.1, 0.15) is 22.7 Å². The van der Waals surface area contributed by atoms with Crippen molar-refractivity contribution in [3.8, 4) is 22.3 Å². The molecule has 3 aromatic heterocycles. The van der Waals surface area contributed by atoms with Crippen LogP contribution in [-0.2, 0) is 26.0 Å². The fraction of sp³-hybridized carbons (Fsp3) is 0.368. The molecule has 5 aromatic rings. The standard InChI is InChI=1S/C38H44FN7O6S/c1-37(2,3)51-35(47)44-15-13-43(14-16-44)33-12-11-26(19-32(33)42-53(7,49)50)27-18-30-31(24-46(34(30)40-20-27)36(48)52-38(4,5)6)28-21-41-45(23-28)22-25-9-8-10-29(39)17-25/h8-12,17-21,23-24,42H,13-16,22H2,1-7H3. The second kappa shape index (κ2) is 14.2. The predicted octanol–water partition coefficient (Wildman–Crippen LogP) is 6.97. The summed E-state index contributed by atoms with van der Waals surface area (Å²) in [7, 11) is -3.66. The molecule has 0 unspecified atom stereocenters. The summed E-state index contributed by atoms with van der Waals surface area (Å²) in [6.45, 7) is 12.9. The van der Waals surface area contributed by atoms with Gasteiger partial charge in [-0.25, -0.2) is 31.9 Å². The highest BCUT2D eigenvalue weighted by Crippen LogP contribution is 2.37. The number of rotatable bonds is 7. The minimum atomic E-state index is -3.66. The van der Waals surface area contributed by atoms with Crippen LogP contribution in [-0.4, -0.2) is 88.5 Å². The molecule has 0 aliphatic carbocycles. The SMILES string of the molecule is CC(C)(C)OC(=O)N1CCN(c2ccc(-c3cnc4c(c3)c(-c3cnn(Cc5cccc(F)c5)c3)cn4C(=O)OC(C)(C)C)cc2NS(C)(=O)=O)CC1. The molecule has 15 heteroatoms. The number of fused-ring (bicyclic) bond motifs is 1. The normalized spacial score (nSPS) is 14.0. The molecule has 1 aliphatic rings. The summed E-state index contributed by atoms with van der Waals surface area (Å²) < 4.78 is 55.9. The molecule has 0 radical (unpaired) electrons. The molecule has 0 bridgehead atoms. The van der Waals surface area contributed by atoms with Gasteiger partial charge in [-0.05, 0) is 83.0 Å². The maximum atomic E-state index is 13.9. The first kappa shape index (κ1) is 37.3. The third-order valence-corrected chi connectivity index (χ3v) is 8.90. The Balaban J connectivity index is 1.36. The Kier molecular flexibility index (Phi) is 9.98. The minimum absolute atomic E-state index is 0.336. The maximum absolute atomic E-state index is 13.9. The average molecular weight is 746 g/mol. The Morgan fingerprint density at radius 2 is 1.55 bits per heavy atom. The Bertz CT molecular complexity index is 2280. The van der Waals surface area contributed by atoms with Crippen LogP contribution < -0.4 is 9.62 Å². The number of carbonyl (C=O) groups excluding carboxylic acids is 2. The maximum Gasteiger partial charge on any atom is 0.420 e. The van der Waals surface area contributed by atoms with Gasteiger partial charge in [0.05, 0.1) is 30.4 Å². The topological polar surface area (TPSA) is 141 Å². The van der Waals surface area contributed by atoms with E-state index in [1.165, 1.54) is 16.7 Å². The Morgan fingerprint density at radius 3 is 2.21 bits per heavy atom. The lowest BCUT2D eigenvalue weighted by Crippen LogP contribution is -2.50. The van der Waals surface area contributed by atoms with Crippen LogP contribution in [0.15, 0.2) is 73.3 Å². The summed E-state index contributed by atoms with van der Waals surface area (Å²) in [6.07, 6.45) is 6.88. The van der Waals surface area contributed by atoms with E-state index in [0.29, 0.717) is 77.4 Å². The summed E-state index contributed by atoms with van der Waals surface area (Å²) in [5, 5.41) is 5.14. The van der Waals surface area contributed by atoms with Crippen LogP contribution in [0.2, 0.25) is 0 Å². The molecule has 1 saturated heterocycles. The molecular weight excluding hydrogens is 702 g/mol. The molecule has 1 N–H and O–H groups in total. The van der Waals surface area contributed by atoms with Crippen molar-refractivity contribution in [2.45, 2.75) is 59.3 Å². The van der Waals surface area contributed by atoms with Crippen LogP contribution in [0.3, 0.4) is 0 Å². The van der Waals surface area contributed by atoms with E-state index in [0.717, 1.165) is 11.8 Å². The highest BCUT2D eigenvalue weighted by molar-refractivity contribution is 7.92. The van der Waals surface area contributed by atoms with Crippen molar-refractivity contribution in [1.29, 1.82) is 0 Å². The van der Waals surface area contributed by atoms with E-state index < -0.39 is 27.3 Å². The number of pyridine rings is 1. The summed E-state index contributed by atoms with van der Waals surface area (Å²) in [5.74, 6) is -0.336. The molecule has 0 atom stereocenters. The van der Waals surface area contributed by atoms with Gasteiger partial charge in [-0.15, -0.1) is 0 Å². The Hall–Kier alpha value is -5.44. The first-order valence-electron chi connectivity index (χ1n) is 17.2. The molecule has 13 nitrogen and oxygen atoms in total. The molecule has 1 fully saturated rings. The molecule has 0 spiro atoms. The smallest absolute Gasteiger partial charge is 0.420 e. The number of hydrogen-bond acceptors (Lipinski definition) is 9. The monoisotopic (exact) mass is 745 g/mol. The zero-order valence-corrected chi connectivity index (χ0v) is 31.7. The van der Waals surface area contributed by atoms with Gasteiger partial charge >= 0.3 is 12.2 Å². The number of benzene rings is 2. The van der Waals surface area contributed by atoms with Crippen LogP contribution in [0.1, 0.15) is 47.1 Å². The molecule has 1 amide bonds. The highest BCUT2D eigenvalue weighted by Gasteiger charge is 2.28. The zero-order valence-electron chi connectivity index (χ0n) is 30.9. The van der Waals surface area contributed by atoms with E-state index >= 15 is 0 Å². The second-order valence-electron chi connectivity index (χ2n) is 15.1. The second-order valence-corrected chi connectivity index (χ2v) is 16.9. The van der Waals surface area contributed by atoms with Gasteiger partial charge in [0.25, 0.3) is 0 Å². The summed E-state index contributed by atoms with van der Waals surface area (Å²) >= 11 is 0. The van der Waals surface area contributed by atoms with Crippen molar-refractivity contribution in [2.75, 3.05) is 42.1 Å². The molecule has 6 rings (SSSR count). The van der Waals surface area contributed by atoms with E-state index in [9.17, 15) is 22.4 Å². The van der Waals surface area contributed by atoms with E-state index in [4.69, 9.17) is 14.5 Å². The molecule has 2 aromatic carbocycles. The fourth-order valence-electron chi connectivity index (χ4n) is 6.09. The number of ether oxygens (including phenoxy) is 2. The van der Waals surface area contributed by atoms with E-state index in [2.05, 4.69) is 9.82 Å². The van der Waals surface area contributed by atoms with Crippen molar-refractivity contribution in [2.24, 2.45) is 0 Å². The average Bonchev–Trinajstić information content (AvgIpc) is 3.67. The molecule has 0 saturated carbocycles. The fourth-order valence-corrected chi connectivity index (χ4v) is 6.65. The summed E-state index contributed by atoms with van der Waals surface area (Å²) in [4.78, 5) is 34.4. The number of anilines is 2. The Morgan fingerprint density at radius 1 is 0.849 bits per heavy atom. The van der Waals surface area contributed by atoms with Crippen molar-refractivity contribution < 1.29 is 31.9 Å². The van der Waals surface area contributed by atoms with Gasteiger partial charge in [0, 0.05) is 66.8 Å². The van der Waals surface area contributed by atoms with Gasteiger partial charge in [-0.1, -0.05) is 18.2 Å². The van der Waals surface area contributed by atoms with Gasteiger partial charge in [0.2, 0.25) is 10.0 Å². The molecule has 280 valence electrons. The van der Waals surface area contributed by atoms with Gasteiger partial charge in [0.15, 0.2) is 0 Å². The van der Waals surface area contributed by atoms with Crippen LogP contribution in [0.25, 0.3) is 33.3 Å². The molecular formula is C38H44FN7O6S. The summed E-state index contributed by atoms with van der Waals surface area (Å²) in [6, 6.07) is 13.7. The van der Waals surface area contributed by atoms with Crippen molar-refractivity contribution in [3.63, 3.8) is 0 Å². The number of aromatic nitrogens is 4. The van der Waals surface area contributed by atoms with E-state index in [1.807, 2.05) is 56.1 Å². The lowest BCUT2D eigenvalue weighted by Gasteiger charge is -2.37. The number of carbonyl (C=O) groups is 2. The number of sulfonamides is 1. The minimum Gasteiger partial charge on any atom is -0.444 e. The van der Waals surface area contributed by atoms with Gasteiger partial charge in [-0.2, -0.15) is 5.10 Å². The van der Waals surface area contributed by atoms with Crippen molar-refractivity contribution in [1.82, 2.24) is 24.2 Å². The van der Waals surface area contributed by atoms with Crippen LogP contribution in [0, 0.1) is 5.82 Å². The first-order valence-corrected chi connectivity index (χ1v) is 19.1. The number of amides is 1. The Labute approximate surface area is 308 Å². The summed E-state index contributed by atoms with van der Waals surface area (Å²) in [5.41, 5.74) is 3.51. The number of nitrogens with zero attached hydrogens (tertiary/aromatic N) is 6. The quantitative estimate of drug-likeness (QED) is 0.187. The number of piperazine rings is 1. The largest absolute Gasteiger partial charge is 0.444 e. The van der Waals surface area contributed by atoms with Gasteiger partial charge < -0.3 is 19.3 Å². The van der Waals surface area contributed by atoms with Crippen molar-refractivity contribution >= 4 is 44.6 Å². The van der Waals surface area contributed by atoms with E-state index in [-0.39, 0.29) is 11.9 Å². The lowest BCUT2D eigenvalue weighted by atomic mass is 10.0. The van der Waals surface area contributed by atoms with Crippen LogP contribution >= 0.6 is 0 Å². The van der Waals surface area contributed by atoms with Gasteiger partial charge in [-0.3, -0.25) is 9.40 Å². The van der Waals surface area contributed by atoms with Crippen LogP contribution in [0.4, 0.5) is 25.4 Å². The zero-order chi connectivity index (χ0) is 38.3. The number of halogens is 1. The third kappa shape index (κ3) is 9.14. The number of hydrogen-bond donors (Lipinski definition) is 1. The highest BCUT2D eigenvalue weighted by atomic mass is 32.2. The third-order valence-electron chi connectivity index (χ3n) is 8.31.